The fourth-order valence-corrected chi connectivity index (χ4v) is 2.99. The lowest BCUT2D eigenvalue weighted by Gasteiger charge is -2.15. The highest BCUT2D eigenvalue weighted by Crippen LogP contribution is 2.19. The number of nitrogens with one attached hydrogen (secondary N) is 3. The minimum absolute atomic E-state index is 0.0458. The van der Waals surface area contributed by atoms with Crippen LogP contribution >= 0.6 is 12.2 Å². The number of thiocarbonyl (C=S) groups is 1. The Bertz CT molecular complexity index is 1100. The van der Waals surface area contributed by atoms with Gasteiger partial charge in [-0.15, -0.1) is 0 Å². The first-order valence-corrected chi connectivity index (χ1v) is 10.8. The molecule has 3 N–H and O–H groups in total. The second-order valence-corrected chi connectivity index (χ2v) is 7.73. The molecule has 0 fully saturated rings. The molecule has 0 unspecified atom stereocenters. The highest BCUT2D eigenvalue weighted by Gasteiger charge is 2.15. The third kappa shape index (κ3) is 7.33. The molecule has 2 amide bonds. The maximum absolute atomic E-state index is 12.5. The summed E-state index contributed by atoms with van der Waals surface area (Å²) in [5.41, 5.74) is 6.79. The van der Waals surface area contributed by atoms with E-state index >= 15 is 0 Å². The van der Waals surface area contributed by atoms with Gasteiger partial charge < -0.3 is 9.47 Å². The van der Waals surface area contributed by atoms with E-state index in [4.69, 9.17) is 21.7 Å². The lowest BCUT2D eigenvalue weighted by Crippen LogP contribution is -2.48. The van der Waals surface area contributed by atoms with Crippen LogP contribution in [0.15, 0.2) is 78.9 Å². The van der Waals surface area contributed by atoms with Crippen LogP contribution in [0.1, 0.15) is 40.1 Å². The van der Waals surface area contributed by atoms with Crippen molar-refractivity contribution in [1.29, 1.82) is 0 Å². The molecular weight excluding hydrogens is 438 g/mol. The average Bonchev–Trinajstić information content (AvgIpc) is 2.82. The molecule has 3 aromatic rings. The molecule has 0 spiro atoms. The van der Waals surface area contributed by atoms with Crippen molar-refractivity contribution in [3.63, 3.8) is 0 Å². The maximum atomic E-state index is 12.5. The van der Waals surface area contributed by atoms with Gasteiger partial charge in [-0.25, -0.2) is 0 Å². The molecule has 0 aliphatic rings. The molecule has 0 atom stereocenters. The fourth-order valence-electron chi connectivity index (χ4n) is 2.84. The third-order valence-corrected chi connectivity index (χ3v) is 4.58. The Labute approximate surface area is 198 Å². The Kier molecular flexibility index (Phi) is 8.37. The summed E-state index contributed by atoms with van der Waals surface area (Å²) in [6, 6.07) is 23.4. The summed E-state index contributed by atoms with van der Waals surface area (Å²) in [7, 11) is 0. The van der Waals surface area contributed by atoms with Gasteiger partial charge in [-0.3, -0.25) is 25.8 Å². The van der Waals surface area contributed by atoms with Gasteiger partial charge >= 0.3 is 0 Å². The summed E-state index contributed by atoms with van der Waals surface area (Å²) in [6.07, 6.45) is -0.0848. The Morgan fingerprint density at radius 2 is 1.52 bits per heavy atom. The molecule has 7 nitrogen and oxygen atoms in total. The van der Waals surface area contributed by atoms with Crippen molar-refractivity contribution in [2.24, 2.45) is 0 Å². The molecule has 0 radical (unpaired) electrons. The van der Waals surface area contributed by atoms with Crippen molar-refractivity contribution in [1.82, 2.24) is 16.2 Å². The number of carbonyl (C=O) groups is 2. The third-order valence-electron chi connectivity index (χ3n) is 4.38. The van der Waals surface area contributed by atoms with Crippen LogP contribution in [-0.4, -0.2) is 23.0 Å². The van der Waals surface area contributed by atoms with E-state index in [1.54, 1.807) is 48.5 Å². The largest absolute Gasteiger partial charge is 0.490 e. The van der Waals surface area contributed by atoms with Gasteiger partial charge in [0.15, 0.2) is 5.11 Å². The SMILES string of the molecule is CC(C)Oc1ccccc1C(=O)NC(=S)NNC(=O)c1ccc(OCc2ccccc2)cc1. The van der Waals surface area contributed by atoms with E-state index in [2.05, 4.69) is 16.2 Å². The molecule has 170 valence electrons. The number of hydrazine groups is 1. The molecule has 3 aromatic carbocycles. The molecule has 0 saturated heterocycles. The Morgan fingerprint density at radius 1 is 0.848 bits per heavy atom. The second kappa shape index (κ2) is 11.6. The van der Waals surface area contributed by atoms with E-state index < -0.39 is 11.8 Å². The van der Waals surface area contributed by atoms with Crippen molar-refractivity contribution in [3.8, 4) is 11.5 Å². The minimum atomic E-state index is -0.446. The number of carbonyl (C=O) groups excluding carboxylic acids is 2. The predicted octanol–water partition coefficient (Wildman–Crippen LogP) is 4.00. The van der Waals surface area contributed by atoms with Crippen LogP contribution in [-0.2, 0) is 6.61 Å². The van der Waals surface area contributed by atoms with Crippen LogP contribution in [0.3, 0.4) is 0 Å². The number of amides is 2. The van der Waals surface area contributed by atoms with E-state index in [9.17, 15) is 9.59 Å². The lowest BCUT2D eigenvalue weighted by atomic mass is 10.2. The molecule has 0 aliphatic heterocycles. The maximum Gasteiger partial charge on any atom is 0.269 e. The standard InChI is InChI=1S/C25H25N3O4S/c1-17(2)32-22-11-7-6-10-21(22)24(30)26-25(33)28-27-23(29)19-12-14-20(15-13-19)31-16-18-8-4-3-5-9-18/h3-15,17H,16H2,1-2H3,(H,27,29)(H2,26,28,30,33). The van der Waals surface area contributed by atoms with Crippen molar-refractivity contribution < 1.29 is 19.1 Å². The Balaban J connectivity index is 1.48. The van der Waals surface area contributed by atoms with Crippen LogP contribution in [0.25, 0.3) is 0 Å². The Morgan fingerprint density at radius 3 is 2.21 bits per heavy atom. The normalized spacial score (nSPS) is 10.3. The highest BCUT2D eigenvalue weighted by atomic mass is 32.1. The number of benzene rings is 3. The molecule has 0 aliphatic carbocycles. The predicted molar refractivity (Wildman–Crippen MR) is 130 cm³/mol. The summed E-state index contributed by atoms with van der Waals surface area (Å²) < 4.78 is 11.4. The smallest absolute Gasteiger partial charge is 0.269 e. The summed E-state index contributed by atoms with van der Waals surface area (Å²) in [4.78, 5) is 24.9. The number of ether oxygens (including phenoxy) is 2. The van der Waals surface area contributed by atoms with E-state index in [0.717, 1.165) is 5.56 Å². The zero-order valence-electron chi connectivity index (χ0n) is 18.3. The second-order valence-electron chi connectivity index (χ2n) is 7.32. The van der Waals surface area contributed by atoms with Crippen LogP contribution in [0, 0.1) is 0 Å². The van der Waals surface area contributed by atoms with Crippen molar-refractivity contribution in [2.75, 3.05) is 0 Å². The first kappa shape index (κ1) is 23.7. The van der Waals surface area contributed by atoms with Gasteiger partial charge in [0, 0.05) is 5.56 Å². The summed E-state index contributed by atoms with van der Waals surface area (Å²) in [5.74, 6) is 0.238. The quantitative estimate of drug-likeness (QED) is 0.363. The first-order valence-electron chi connectivity index (χ1n) is 10.4. The van der Waals surface area contributed by atoms with Crippen molar-refractivity contribution in [2.45, 2.75) is 26.6 Å². The average molecular weight is 464 g/mol. The van der Waals surface area contributed by atoms with Gasteiger partial charge in [-0.1, -0.05) is 42.5 Å². The van der Waals surface area contributed by atoms with Gasteiger partial charge in [0.2, 0.25) is 0 Å². The van der Waals surface area contributed by atoms with Crippen molar-refractivity contribution in [3.05, 3.63) is 95.6 Å². The Hall–Kier alpha value is -3.91. The zero-order valence-corrected chi connectivity index (χ0v) is 19.1. The molecule has 33 heavy (non-hydrogen) atoms. The van der Waals surface area contributed by atoms with Gasteiger partial charge in [-0.05, 0) is 68.0 Å². The monoisotopic (exact) mass is 463 g/mol. The van der Waals surface area contributed by atoms with Gasteiger partial charge in [0.05, 0.1) is 11.7 Å². The first-order chi connectivity index (χ1) is 15.9. The van der Waals surface area contributed by atoms with Gasteiger partial charge in [0.25, 0.3) is 11.8 Å². The van der Waals surface area contributed by atoms with Gasteiger partial charge in [-0.2, -0.15) is 0 Å². The van der Waals surface area contributed by atoms with Crippen molar-refractivity contribution >= 4 is 29.1 Å². The fraction of sp³-hybridized carbons (Fsp3) is 0.160. The lowest BCUT2D eigenvalue weighted by molar-refractivity contribution is 0.0933. The summed E-state index contributed by atoms with van der Waals surface area (Å²) in [6.45, 7) is 4.18. The highest BCUT2D eigenvalue weighted by molar-refractivity contribution is 7.80. The molecule has 0 aromatic heterocycles. The van der Waals surface area contributed by atoms with Crippen LogP contribution < -0.4 is 25.6 Å². The van der Waals surface area contributed by atoms with Crippen LogP contribution in [0.2, 0.25) is 0 Å². The zero-order chi connectivity index (χ0) is 23.6. The van der Waals surface area contributed by atoms with Crippen LogP contribution in [0.5, 0.6) is 11.5 Å². The molecular formula is C25H25N3O4S. The van der Waals surface area contributed by atoms with E-state index in [1.165, 1.54) is 0 Å². The molecule has 3 rings (SSSR count). The molecule has 0 heterocycles. The van der Waals surface area contributed by atoms with Gasteiger partial charge in [0.1, 0.15) is 18.1 Å². The van der Waals surface area contributed by atoms with Crippen LogP contribution in [0.4, 0.5) is 0 Å². The number of rotatable bonds is 7. The summed E-state index contributed by atoms with van der Waals surface area (Å²) >= 11 is 5.11. The van der Waals surface area contributed by atoms with E-state index in [1.807, 2.05) is 44.2 Å². The summed E-state index contributed by atoms with van der Waals surface area (Å²) in [5, 5.41) is 2.48. The van der Waals surface area contributed by atoms with E-state index in [0.29, 0.717) is 29.2 Å². The molecule has 8 heteroatoms. The molecule has 0 bridgehead atoms. The topological polar surface area (TPSA) is 88.7 Å². The number of para-hydroxylation sites is 1. The number of hydrogen-bond acceptors (Lipinski definition) is 5. The van der Waals surface area contributed by atoms with E-state index in [-0.39, 0.29) is 11.2 Å². The molecule has 0 saturated carbocycles. The number of hydrogen-bond donors (Lipinski definition) is 3. The minimum Gasteiger partial charge on any atom is -0.490 e.